The van der Waals surface area contributed by atoms with Crippen molar-refractivity contribution in [3.05, 3.63) is 69.2 Å². The van der Waals surface area contributed by atoms with Gasteiger partial charge >= 0.3 is 0 Å². The van der Waals surface area contributed by atoms with Crippen LogP contribution in [0.3, 0.4) is 0 Å². The fourth-order valence-electron chi connectivity index (χ4n) is 2.31. The molecule has 114 valence electrons. The Morgan fingerprint density at radius 2 is 1.64 bits per heavy atom. The average molecular weight is 380 g/mol. The second-order valence-electron chi connectivity index (χ2n) is 5.22. The summed E-state index contributed by atoms with van der Waals surface area (Å²) >= 11 is 9.28. The fourth-order valence-corrected chi connectivity index (χ4v) is 2.70. The molecule has 2 nitrogen and oxygen atoms in total. The third-order valence-corrected chi connectivity index (χ3v) is 4.28. The van der Waals surface area contributed by atoms with Crippen molar-refractivity contribution in [3.8, 4) is 0 Å². The maximum absolute atomic E-state index is 12.8. The van der Waals surface area contributed by atoms with Crippen LogP contribution in [0, 0.1) is 0 Å². The van der Waals surface area contributed by atoms with E-state index in [4.69, 9.17) is 11.6 Å². The summed E-state index contributed by atoms with van der Waals surface area (Å²) in [5.74, 6) is -0.221. The normalized spacial score (nSPS) is 12.0. The summed E-state index contributed by atoms with van der Waals surface area (Å²) in [7, 11) is 0. The number of halogens is 2. The Morgan fingerprint density at radius 3 is 2.18 bits per heavy atom. The SMILES string of the molecule is CC(=O)CCC(C(=O)c1ccc(Br)cc1)c1ccc(Cl)cc1. The van der Waals surface area contributed by atoms with Gasteiger partial charge in [0.15, 0.2) is 5.78 Å². The lowest BCUT2D eigenvalue weighted by Crippen LogP contribution is -2.14. The van der Waals surface area contributed by atoms with Gasteiger partial charge in [-0.15, -0.1) is 0 Å². The van der Waals surface area contributed by atoms with Gasteiger partial charge in [-0.25, -0.2) is 0 Å². The molecule has 0 bridgehead atoms. The van der Waals surface area contributed by atoms with Crippen LogP contribution in [0.25, 0.3) is 0 Å². The van der Waals surface area contributed by atoms with Gasteiger partial charge in [-0.05, 0) is 43.2 Å². The van der Waals surface area contributed by atoms with Crippen molar-refractivity contribution in [2.24, 2.45) is 0 Å². The number of carbonyl (C=O) groups is 2. The molecule has 2 aromatic rings. The smallest absolute Gasteiger partial charge is 0.170 e. The van der Waals surface area contributed by atoms with Crippen molar-refractivity contribution in [2.75, 3.05) is 0 Å². The molecule has 2 aromatic carbocycles. The summed E-state index contributed by atoms with van der Waals surface area (Å²) in [6.45, 7) is 1.54. The van der Waals surface area contributed by atoms with Gasteiger partial charge in [0, 0.05) is 27.4 Å². The Morgan fingerprint density at radius 1 is 1.05 bits per heavy atom. The number of benzene rings is 2. The molecule has 0 saturated carbocycles. The molecule has 4 heteroatoms. The standard InChI is InChI=1S/C18H16BrClO2/c1-12(21)2-11-17(13-5-9-16(20)10-6-13)18(22)14-3-7-15(19)8-4-14/h3-10,17H,2,11H2,1H3. The summed E-state index contributed by atoms with van der Waals surface area (Å²) in [5.41, 5.74) is 1.53. The van der Waals surface area contributed by atoms with E-state index in [0.29, 0.717) is 23.4 Å². The molecule has 0 fully saturated rings. The molecule has 0 N–H and O–H groups in total. The van der Waals surface area contributed by atoms with Gasteiger partial charge in [0.25, 0.3) is 0 Å². The van der Waals surface area contributed by atoms with Crippen LogP contribution in [0.2, 0.25) is 5.02 Å². The van der Waals surface area contributed by atoms with Crippen molar-refractivity contribution in [3.63, 3.8) is 0 Å². The minimum Gasteiger partial charge on any atom is -0.300 e. The first-order valence-electron chi connectivity index (χ1n) is 7.02. The zero-order valence-corrected chi connectivity index (χ0v) is 14.5. The first kappa shape index (κ1) is 16.9. The van der Waals surface area contributed by atoms with Crippen molar-refractivity contribution in [1.82, 2.24) is 0 Å². The van der Waals surface area contributed by atoms with Crippen LogP contribution in [0.4, 0.5) is 0 Å². The van der Waals surface area contributed by atoms with Crippen molar-refractivity contribution < 1.29 is 9.59 Å². The van der Waals surface area contributed by atoms with E-state index in [-0.39, 0.29) is 17.5 Å². The highest BCUT2D eigenvalue weighted by molar-refractivity contribution is 9.10. The Kier molecular flexibility index (Phi) is 5.92. The second-order valence-corrected chi connectivity index (χ2v) is 6.57. The molecule has 0 saturated heterocycles. The van der Waals surface area contributed by atoms with Crippen molar-refractivity contribution >= 4 is 39.1 Å². The Labute approximate surface area is 143 Å². The second kappa shape index (κ2) is 7.70. The van der Waals surface area contributed by atoms with E-state index in [1.165, 1.54) is 0 Å². The number of rotatable bonds is 6. The molecule has 0 radical (unpaired) electrons. The quantitative estimate of drug-likeness (QED) is 0.626. The van der Waals surface area contributed by atoms with Crippen molar-refractivity contribution in [1.29, 1.82) is 0 Å². The number of hydrogen-bond donors (Lipinski definition) is 0. The van der Waals surface area contributed by atoms with Crippen LogP contribution in [0.1, 0.15) is 41.6 Å². The third-order valence-electron chi connectivity index (χ3n) is 3.50. The third kappa shape index (κ3) is 4.52. The van der Waals surface area contributed by atoms with E-state index in [0.717, 1.165) is 10.0 Å². The molecule has 0 aliphatic rings. The van der Waals surface area contributed by atoms with E-state index in [2.05, 4.69) is 15.9 Å². The van der Waals surface area contributed by atoms with Crippen LogP contribution in [0.15, 0.2) is 53.0 Å². The maximum atomic E-state index is 12.8. The highest BCUT2D eigenvalue weighted by atomic mass is 79.9. The molecule has 0 aliphatic heterocycles. The molecule has 1 atom stereocenters. The van der Waals surface area contributed by atoms with E-state index in [9.17, 15) is 9.59 Å². The molecule has 0 aliphatic carbocycles. The number of hydrogen-bond acceptors (Lipinski definition) is 2. The average Bonchev–Trinajstić information content (AvgIpc) is 2.49. The van der Waals surface area contributed by atoms with Crippen LogP contribution < -0.4 is 0 Å². The molecule has 0 spiro atoms. The van der Waals surface area contributed by atoms with Crippen LogP contribution in [-0.2, 0) is 4.79 Å². The van der Waals surface area contributed by atoms with Crippen LogP contribution in [0.5, 0.6) is 0 Å². The number of Topliss-reactive ketones (excluding diaryl/α,β-unsaturated/α-hetero) is 2. The van der Waals surface area contributed by atoms with Gasteiger partial charge in [0.2, 0.25) is 0 Å². The van der Waals surface area contributed by atoms with E-state index in [1.807, 2.05) is 24.3 Å². The number of ketones is 2. The van der Waals surface area contributed by atoms with Crippen LogP contribution >= 0.6 is 27.5 Å². The molecular formula is C18H16BrClO2. The lowest BCUT2D eigenvalue weighted by molar-refractivity contribution is -0.117. The van der Waals surface area contributed by atoms with Gasteiger partial charge in [0.1, 0.15) is 5.78 Å². The fraction of sp³-hybridized carbons (Fsp3) is 0.222. The highest BCUT2D eigenvalue weighted by Gasteiger charge is 2.22. The van der Waals surface area contributed by atoms with E-state index in [1.54, 1.807) is 31.2 Å². The monoisotopic (exact) mass is 378 g/mol. The van der Waals surface area contributed by atoms with Gasteiger partial charge < -0.3 is 4.79 Å². The summed E-state index contributed by atoms with van der Waals surface area (Å²) < 4.78 is 0.927. The summed E-state index contributed by atoms with van der Waals surface area (Å²) in [6, 6.07) is 14.5. The molecule has 22 heavy (non-hydrogen) atoms. The Bertz CT molecular complexity index is 662. The van der Waals surface area contributed by atoms with E-state index >= 15 is 0 Å². The maximum Gasteiger partial charge on any atom is 0.170 e. The largest absolute Gasteiger partial charge is 0.300 e. The molecule has 0 heterocycles. The lowest BCUT2D eigenvalue weighted by atomic mass is 9.86. The lowest BCUT2D eigenvalue weighted by Gasteiger charge is -2.16. The highest BCUT2D eigenvalue weighted by Crippen LogP contribution is 2.27. The Balaban J connectivity index is 2.30. The molecule has 0 amide bonds. The predicted molar refractivity (Wildman–Crippen MR) is 92.6 cm³/mol. The van der Waals surface area contributed by atoms with Gasteiger partial charge in [-0.3, -0.25) is 4.79 Å². The minimum absolute atomic E-state index is 0.0241. The summed E-state index contributed by atoms with van der Waals surface area (Å²) in [6.07, 6.45) is 0.890. The zero-order chi connectivity index (χ0) is 16.1. The van der Waals surface area contributed by atoms with Crippen LogP contribution in [-0.4, -0.2) is 11.6 Å². The minimum atomic E-state index is -0.331. The Hall–Kier alpha value is -1.45. The molecular weight excluding hydrogens is 364 g/mol. The van der Waals surface area contributed by atoms with Gasteiger partial charge in [-0.2, -0.15) is 0 Å². The van der Waals surface area contributed by atoms with Gasteiger partial charge in [-0.1, -0.05) is 51.8 Å². The zero-order valence-electron chi connectivity index (χ0n) is 12.2. The first-order chi connectivity index (χ1) is 10.5. The summed E-state index contributed by atoms with van der Waals surface area (Å²) in [4.78, 5) is 24.1. The predicted octanol–water partition coefficient (Wildman–Crippen LogP) is 5.44. The topological polar surface area (TPSA) is 34.1 Å². The first-order valence-corrected chi connectivity index (χ1v) is 8.19. The van der Waals surface area contributed by atoms with E-state index < -0.39 is 0 Å². The van der Waals surface area contributed by atoms with Gasteiger partial charge in [0.05, 0.1) is 0 Å². The van der Waals surface area contributed by atoms with Crippen molar-refractivity contribution in [2.45, 2.75) is 25.7 Å². The molecule has 0 aromatic heterocycles. The molecule has 2 rings (SSSR count). The summed E-state index contributed by atoms with van der Waals surface area (Å²) in [5, 5.41) is 0.630. The number of carbonyl (C=O) groups excluding carboxylic acids is 2. The molecule has 1 unspecified atom stereocenters.